The van der Waals surface area contributed by atoms with Crippen LogP contribution in [0.15, 0.2) is 182 Å². The highest BCUT2D eigenvalue weighted by Gasteiger charge is 2.50. The van der Waals surface area contributed by atoms with Crippen molar-refractivity contribution < 1.29 is 19.8 Å². The van der Waals surface area contributed by atoms with Crippen LogP contribution in [0, 0.1) is 33.1 Å². The van der Waals surface area contributed by atoms with Gasteiger partial charge < -0.3 is 20.8 Å². The van der Waals surface area contributed by atoms with Crippen molar-refractivity contribution in [2.75, 3.05) is 0 Å². The highest BCUT2D eigenvalue weighted by molar-refractivity contribution is 6.05. The number of benzene rings is 8. The molecule has 6 nitrogen and oxygen atoms in total. The highest BCUT2D eigenvalue weighted by atomic mass is 16.3. The van der Waals surface area contributed by atoms with Crippen LogP contribution in [0.4, 0.5) is 0 Å². The van der Waals surface area contributed by atoms with E-state index in [0.717, 1.165) is 77.2 Å². The van der Waals surface area contributed by atoms with E-state index in [1.807, 2.05) is 224 Å². The Bertz CT molecular complexity index is 2720. The van der Waals surface area contributed by atoms with Crippen LogP contribution in [0.2, 0.25) is 0 Å². The van der Waals surface area contributed by atoms with E-state index >= 15 is 9.59 Å². The molecule has 0 fully saturated rings. The van der Waals surface area contributed by atoms with E-state index < -0.39 is 40.5 Å². The lowest BCUT2D eigenvalue weighted by atomic mass is 9.74. The van der Waals surface area contributed by atoms with E-state index in [2.05, 4.69) is 10.6 Å². The lowest BCUT2D eigenvalue weighted by Crippen LogP contribution is -2.58. The maximum absolute atomic E-state index is 15.8. The SMILES string of the molecule is CCC(CC)(C(=O)N[C@@H](c1cccc2ccccc12)C(O)(Cc1ccc(C)cc1)Cc1ccc(C)cc1)C(=O)N[C@@H](c1cccc2ccccc12)C(O)(Cc1ccc(C)cc1)Cc1ccc(C)cc1. The Balaban J connectivity index is 1.26. The Morgan fingerprint density at radius 1 is 0.406 bits per heavy atom. The second-order valence-corrected chi connectivity index (χ2v) is 19.6. The summed E-state index contributed by atoms with van der Waals surface area (Å²) in [5.74, 6) is -0.988. The number of nitrogens with one attached hydrogen (secondary N) is 2. The van der Waals surface area contributed by atoms with Crippen molar-refractivity contribution in [1.82, 2.24) is 10.6 Å². The Hall–Kier alpha value is -6.86. The monoisotopic (exact) mass is 915 g/mol. The summed E-state index contributed by atoms with van der Waals surface area (Å²) in [5.41, 5.74) is 4.86. The van der Waals surface area contributed by atoms with Crippen LogP contribution in [0.25, 0.3) is 21.5 Å². The molecule has 0 aliphatic heterocycles. The average Bonchev–Trinajstić information content (AvgIpc) is 3.35. The summed E-state index contributed by atoms with van der Waals surface area (Å²) in [6.45, 7) is 11.9. The number of fused-ring (bicyclic) bond motifs is 2. The molecule has 8 aromatic rings. The highest BCUT2D eigenvalue weighted by Crippen LogP contribution is 2.41. The Labute approximate surface area is 408 Å². The second-order valence-electron chi connectivity index (χ2n) is 19.6. The summed E-state index contributed by atoms with van der Waals surface area (Å²) in [7, 11) is 0. The van der Waals surface area contributed by atoms with Crippen molar-refractivity contribution in [3.63, 3.8) is 0 Å². The number of carbonyl (C=O) groups is 2. The molecule has 2 amide bonds. The molecule has 8 aromatic carbocycles. The van der Waals surface area contributed by atoms with Gasteiger partial charge in [0.15, 0.2) is 0 Å². The fraction of sp³-hybridized carbons (Fsp3) is 0.270. The van der Waals surface area contributed by atoms with Gasteiger partial charge in [-0.3, -0.25) is 9.59 Å². The molecule has 352 valence electrons. The maximum Gasteiger partial charge on any atom is 0.236 e. The maximum atomic E-state index is 15.8. The largest absolute Gasteiger partial charge is 0.387 e. The number of carbonyl (C=O) groups excluding carboxylic acids is 2. The van der Waals surface area contributed by atoms with E-state index in [1.54, 1.807) is 0 Å². The van der Waals surface area contributed by atoms with Gasteiger partial charge in [0, 0.05) is 25.7 Å². The fourth-order valence-corrected chi connectivity index (χ4v) is 10.3. The van der Waals surface area contributed by atoms with Crippen LogP contribution in [0.3, 0.4) is 0 Å². The van der Waals surface area contributed by atoms with E-state index in [9.17, 15) is 10.2 Å². The lowest BCUT2D eigenvalue weighted by molar-refractivity contribution is -0.148. The molecule has 0 unspecified atom stereocenters. The van der Waals surface area contributed by atoms with Crippen LogP contribution >= 0.6 is 0 Å². The van der Waals surface area contributed by atoms with Gasteiger partial charge in [-0.2, -0.15) is 0 Å². The predicted octanol–water partition coefficient (Wildman–Crippen LogP) is 12.5. The third kappa shape index (κ3) is 10.7. The summed E-state index contributed by atoms with van der Waals surface area (Å²) in [4.78, 5) is 31.6. The molecular weight excluding hydrogens is 849 g/mol. The van der Waals surface area contributed by atoms with Crippen molar-refractivity contribution in [2.45, 2.75) is 103 Å². The Morgan fingerprint density at radius 3 is 0.971 bits per heavy atom. The summed E-state index contributed by atoms with van der Waals surface area (Å²) < 4.78 is 0. The first-order valence-electron chi connectivity index (χ1n) is 24.5. The standard InChI is InChI=1S/C63H66N2O4/c1-7-61(8-2,59(66)64-57(55-21-13-17-51-15-9-11-19-53(51)55)62(68,39-47-31-23-43(3)24-32-47)40-48-33-25-44(4)26-34-48)60(67)65-58(56-22-14-18-52-16-10-12-20-54(52)56)63(69,41-49-35-27-45(5)28-36-49)42-50-37-29-46(6)30-38-50/h9-38,57-58,68-69H,7-8,39-42H2,1-6H3,(H,64,66)(H,65,67)/t57-,58-/m0/s1. The van der Waals surface area contributed by atoms with Crippen molar-refractivity contribution in [3.05, 3.63) is 238 Å². The summed E-state index contributed by atoms with van der Waals surface area (Å²) in [6.07, 6.45) is 1.21. The molecule has 0 radical (unpaired) electrons. The van der Waals surface area contributed by atoms with Crippen LogP contribution in [0.1, 0.15) is 94.4 Å². The number of aryl methyl sites for hydroxylation is 4. The minimum atomic E-state index is -1.62. The smallest absolute Gasteiger partial charge is 0.236 e. The number of rotatable bonds is 18. The van der Waals surface area contributed by atoms with Crippen LogP contribution in [-0.2, 0) is 35.3 Å². The van der Waals surface area contributed by atoms with Crippen molar-refractivity contribution in [3.8, 4) is 0 Å². The number of hydrogen-bond donors (Lipinski definition) is 4. The van der Waals surface area contributed by atoms with Crippen LogP contribution in [0.5, 0.6) is 0 Å². The zero-order chi connectivity index (χ0) is 48.8. The van der Waals surface area contributed by atoms with Crippen LogP contribution < -0.4 is 10.6 Å². The first kappa shape index (κ1) is 48.6. The van der Waals surface area contributed by atoms with E-state index in [1.165, 1.54) is 0 Å². The summed E-state index contributed by atoms with van der Waals surface area (Å²) in [5, 5.41) is 37.7. The minimum absolute atomic E-state index is 0.161. The number of hydrogen-bond acceptors (Lipinski definition) is 4. The van der Waals surface area contributed by atoms with Gasteiger partial charge in [0.1, 0.15) is 5.41 Å². The predicted molar refractivity (Wildman–Crippen MR) is 282 cm³/mol. The van der Waals surface area contributed by atoms with Gasteiger partial charge in [-0.1, -0.05) is 218 Å². The first-order chi connectivity index (χ1) is 33.2. The quantitative estimate of drug-likeness (QED) is 0.0645. The van der Waals surface area contributed by atoms with Gasteiger partial charge in [-0.05, 0) is 95.5 Å². The summed E-state index contributed by atoms with van der Waals surface area (Å²) >= 11 is 0. The zero-order valence-electron chi connectivity index (χ0n) is 40.9. The molecule has 0 heterocycles. The fourth-order valence-electron chi connectivity index (χ4n) is 10.3. The van der Waals surface area contributed by atoms with Crippen molar-refractivity contribution in [2.24, 2.45) is 5.41 Å². The van der Waals surface area contributed by atoms with Gasteiger partial charge in [0.05, 0.1) is 23.3 Å². The molecule has 0 saturated carbocycles. The molecule has 0 bridgehead atoms. The molecule has 0 aromatic heterocycles. The molecule has 0 aliphatic carbocycles. The zero-order valence-corrected chi connectivity index (χ0v) is 40.9. The summed E-state index contributed by atoms with van der Waals surface area (Å²) in [6, 6.07) is 58.7. The van der Waals surface area contributed by atoms with Crippen molar-refractivity contribution >= 4 is 33.4 Å². The van der Waals surface area contributed by atoms with Crippen LogP contribution in [-0.4, -0.2) is 33.2 Å². The van der Waals surface area contributed by atoms with Gasteiger partial charge in [-0.15, -0.1) is 0 Å². The van der Waals surface area contributed by atoms with E-state index in [-0.39, 0.29) is 38.5 Å². The molecule has 0 aliphatic rings. The van der Waals surface area contributed by atoms with Gasteiger partial charge in [0.25, 0.3) is 0 Å². The second kappa shape index (κ2) is 20.8. The number of aliphatic hydroxyl groups is 2. The Morgan fingerprint density at radius 2 is 0.681 bits per heavy atom. The average molecular weight is 915 g/mol. The molecule has 2 atom stereocenters. The number of amides is 2. The van der Waals surface area contributed by atoms with Gasteiger partial charge >= 0.3 is 0 Å². The normalized spacial score (nSPS) is 13.0. The third-order valence-electron chi connectivity index (χ3n) is 14.5. The molecular formula is C63H66N2O4. The minimum Gasteiger partial charge on any atom is -0.387 e. The Kier molecular flexibility index (Phi) is 14.6. The molecule has 4 N–H and O–H groups in total. The molecule has 0 spiro atoms. The van der Waals surface area contributed by atoms with Gasteiger partial charge in [0.2, 0.25) is 11.8 Å². The van der Waals surface area contributed by atoms with Gasteiger partial charge in [-0.25, -0.2) is 0 Å². The topological polar surface area (TPSA) is 98.7 Å². The van der Waals surface area contributed by atoms with E-state index in [0.29, 0.717) is 0 Å². The molecule has 0 saturated heterocycles. The molecule has 69 heavy (non-hydrogen) atoms. The first-order valence-corrected chi connectivity index (χ1v) is 24.5. The molecule has 8 rings (SSSR count). The lowest BCUT2D eigenvalue weighted by Gasteiger charge is -2.42. The van der Waals surface area contributed by atoms with E-state index in [4.69, 9.17) is 0 Å². The third-order valence-corrected chi connectivity index (χ3v) is 14.5. The molecule has 6 heteroatoms. The van der Waals surface area contributed by atoms with Crippen molar-refractivity contribution in [1.29, 1.82) is 0 Å².